The lowest BCUT2D eigenvalue weighted by molar-refractivity contribution is 0.466. The van der Waals surface area contributed by atoms with E-state index in [4.69, 9.17) is 14.2 Å². The fourth-order valence-corrected chi connectivity index (χ4v) is 7.56. The summed E-state index contributed by atoms with van der Waals surface area (Å²) in [4.78, 5) is 2.37. The first kappa shape index (κ1) is 29.9. The first-order chi connectivity index (χ1) is 24.6. The average Bonchev–Trinajstić information content (AvgIpc) is 3.15. The topological polar surface area (TPSA) is 30.9 Å². The van der Waals surface area contributed by atoms with E-state index in [2.05, 4.69) is 97.6 Å². The van der Waals surface area contributed by atoms with Gasteiger partial charge in [-0.25, -0.2) is 0 Å². The molecule has 7 aromatic rings. The summed E-state index contributed by atoms with van der Waals surface area (Å²) in [6.07, 6.45) is 0. The lowest BCUT2D eigenvalue weighted by Crippen LogP contribution is -2.55. The van der Waals surface area contributed by atoms with Crippen molar-refractivity contribution in [3.8, 4) is 34.5 Å². The largest absolute Gasteiger partial charge is 0.458 e. The van der Waals surface area contributed by atoms with E-state index in [1.807, 2.05) is 91.0 Å². The van der Waals surface area contributed by atoms with Gasteiger partial charge in [0.05, 0.1) is 11.4 Å². The Morgan fingerprint density at radius 1 is 0.500 bits per heavy atom. The average molecular weight is 648 g/mol. The predicted molar refractivity (Wildman–Crippen MR) is 204 cm³/mol. The Hall–Kier alpha value is -6.20. The summed E-state index contributed by atoms with van der Waals surface area (Å²) < 4.78 is 20.1. The van der Waals surface area contributed by atoms with Crippen molar-refractivity contribution in [1.82, 2.24) is 0 Å². The summed E-state index contributed by atoms with van der Waals surface area (Å²) in [6, 6.07) is 58.2. The number of hydrogen-bond donors (Lipinski definition) is 0. The van der Waals surface area contributed by atoms with Gasteiger partial charge in [-0.15, -0.1) is 0 Å². The molecule has 0 bridgehead atoms. The maximum absolute atomic E-state index is 6.79. The summed E-state index contributed by atoms with van der Waals surface area (Å²) in [5, 5.41) is 0. The van der Waals surface area contributed by atoms with Gasteiger partial charge in [0.25, 0.3) is 6.71 Å². The van der Waals surface area contributed by atoms with Crippen LogP contribution in [0.3, 0.4) is 0 Å². The predicted octanol–water partition coefficient (Wildman–Crippen LogP) is 10.0. The van der Waals surface area contributed by atoms with Gasteiger partial charge in [-0.1, -0.05) is 117 Å². The molecule has 50 heavy (non-hydrogen) atoms. The molecule has 2 aliphatic rings. The third-order valence-electron chi connectivity index (χ3n) is 9.91. The highest BCUT2D eigenvalue weighted by Crippen LogP contribution is 2.52. The van der Waals surface area contributed by atoms with Crippen molar-refractivity contribution in [2.45, 2.75) is 19.3 Å². The molecular weight excluding hydrogens is 613 g/mol. The second kappa shape index (κ2) is 12.0. The van der Waals surface area contributed by atoms with Crippen molar-refractivity contribution in [1.29, 1.82) is 0 Å². The van der Waals surface area contributed by atoms with Gasteiger partial charge >= 0.3 is 0 Å². The molecule has 0 N–H and O–H groups in total. The van der Waals surface area contributed by atoms with Crippen LogP contribution in [0.2, 0.25) is 0 Å². The molecule has 0 fully saturated rings. The maximum atomic E-state index is 6.79. The third-order valence-corrected chi connectivity index (χ3v) is 9.91. The summed E-state index contributed by atoms with van der Waals surface area (Å²) in [5.41, 5.74) is 8.82. The van der Waals surface area contributed by atoms with E-state index >= 15 is 0 Å². The molecule has 0 saturated carbocycles. The lowest BCUT2D eigenvalue weighted by atomic mass is 9.35. The zero-order chi connectivity index (χ0) is 33.7. The molecule has 2 aliphatic heterocycles. The summed E-state index contributed by atoms with van der Waals surface area (Å²) in [7, 11) is 0. The van der Waals surface area contributed by atoms with Crippen LogP contribution in [-0.2, 0) is 5.41 Å². The Morgan fingerprint density at radius 3 is 1.64 bits per heavy atom. The van der Waals surface area contributed by atoms with Crippen LogP contribution in [0.1, 0.15) is 25.0 Å². The number of benzene rings is 7. The van der Waals surface area contributed by atoms with Gasteiger partial charge < -0.3 is 19.1 Å². The van der Waals surface area contributed by atoms with E-state index in [0.717, 1.165) is 56.6 Å². The van der Waals surface area contributed by atoms with Gasteiger partial charge in [0.15, 0.2) is 0 Å². The van der Waals surface area contributed by atoms with Gasteiger partial charge in [0.2, 0.25) is 0 Å². The van der Waals surface area contributed by atoms with Gasteiger partial charge in [0.1, 0.15) is 34.5 Å². The Kier molecular flexibility index (Phi) is 7.21. The zero-order valence-corrected chi connectivity index (χ0v) is 27.9. The van der Waals surface area contributed by atoms with E-state index in [1.54, 1.807) is 0 Å². The van der Waals surface area contributed by atoms with Crippen LogP contribution < -0.4 is 35.5 Å². The number of anilines is 3. The summed E-state index contributed by atoms with van der Waals surface area (Å²) in [6.45, 7) is 4.38. The first-order valence-electron chi connectivity index (χ1n) is 17.0. The first-order valence-corrected chi connectivity index (χ1v) is 17.0. The van der Waals surface area contributed by atoms with Gasteiger partial charge in [0, 0.05) is 22.6 Å². The Balaban J connectivity index is 1.23. The molecule has 0 atom stereocenters. The van der Waals surface area contributed by atoms with E-state index < -0.39 is 0 Å². The molecule has 0 saturated heterocycles. The van der Waals surface area contributed by atoms with Crippen LogP contribution in [0.4, 0.5) is 17.1 Å². The van der Waals surface area contributed by atoms with Crippen LogP contribution in [0.5, 0.6) is 34.5 Å². The number of rotatable bonds is 6. The summed E-state index contributed by atoms with van der Waals surface area (Å²) in [5.74, 6) is 4.57. The van der Waals surface area contributed by atoms with E-state index in [1.165, 1.54) is 22.5 Å². The van der Waals surface area contributed by atoms with E-state index in [0.29, 0.717) is 0 Å². The molecule has 7 aromatic carbocycles. The molecule has 0 unspecified atom stereocenters. The maximum Gasteiger partial charge on any atom is 0.260 e. The standard InChI is InChI=1S/C45H34BNO3/c1-45(2)34-20-9-12-23-38(34)47(39-24-13-10-21-35(39)45)31-28-29-37-43(30-31)50-40-25-14-11-22-36(40)46(37)44-41(48-32-16-5-3-6-17-32)26-15-27-42(44)49-33-18-7-4-8-19-33/h3-30H,1-2H3. The van der Waals surface area contributed by atoms with Crippen molar-refractivity contribution in [3.05, 3.63) is 181 Å². The molecule has 0 amide bonds. The van der Waals surface area contributed by atoms with Gasteiger partial charge in [-0.2, -0.15) is 0 Å². The molecule has 9 rings (SSSR count). The fourth-order valence-electron chi connectivity index (χ4n) is 7.56. The van der Waals surface area contributed by atoms with Crippen molar-refractivity contribution in [2.75, 3.05) is 4.90 Å². The minimum Gasteiger partial charge on any atom is -0.458 e. The van der Waals surface area contributed by atoms with Crippen molar-refractivity contribution >= 4 is 40.2 Å². The van der Waals surface area contributed by atoms with E-state index in [-0.39, 0.29) is 12.1 Å². The van der Waals surface area contributed by atoms with Crippen LogP contribution in [-0.4, -0.2) is 6.71 Å². The third kappa shape index (κ3) is 5.02. The molecule has 240 valence electrons. The van der Waals surface area contributed by atoms with Crippen molar-refractivity contribution in [3.63, 3.8) is 0 Å². The Bertz CT molecular complexity index is 2250. The molecule has 0 radical (unpaired) electrons. The summed E-state index contributed by atoms with van der Waals surface area (Å²) >= 11 is 0. The van der Waals surface area contributed by atoms with Crippen LogP contribution in [0.15, 0.2) is 170 Å². The minimum atomic E-state index is -0.234. The van der Waals surface area contributed by atoms with Gasteiger partial charge in [-0.05, 0) is 82.7 Å². The highest BCUT2D eigenvalue weighted by atomic mass is 16.5. The number of para-hydroxylation sites is 5. The molecule has 4 nitrogen and oxygen atoms in total. The highest BCUT2D eigenvalue weighted by Gasteiger charge is 2.39. The minimum absolute atomic E-state index is 0.143. The quantitative estimate of drug-likeness (QED) is 0.168. The highest BCUT2D eigenvalue weighted by molar-refractivity contribution is 6.98. The Morgan fingerprint density at radius 2 is 1.02 bits per heavy atom. The molecule has 5 heteroatoms. The smallest absolute Gasteiger partial charge is 0.260 e. The second-order valence-corrected chi connectivity index (χ2v) is 13.3. The fraction of sp³-hybridized carbons (Fsp3) is 0.0667. The number of nitrogens with zero attached hydrogens (tertiary/aromatic N) is 1. The van der Waals surface area contributed by atoms with Crippen molar-refractivity contribution < 1.29 is 14.2 Å². The molecule has 0 spiro atoms. The number of hydrogen-bond acceptors (Lipinski definition) is 4. The lowest BCUT2D eigenvalue weighted by Gasteiger charge is -2.42. The monoisotopic (exact) mass is 647 g/mol. The number of fused-ring (bicyclic) bond motifs is 4. The van der Waals surface area contributed by atoms with Crippen LogP contribution in [0.25, 0.3) is 0 Å². The second-order valence-electron chi connectivity index (χ2n) is 13.3. The number of ether oxygens (including phenoxy) is 3. The molecule has 0 aromatic heterocycles. The van der Waals surface area contributed by atoms with Gasteiger partial charge in [-0.3, -0.25) is 0 Å². The molecule has 2 heterocycles. The molecule has 0 aliphatic carbocycles. The van der Waals surface area contributed by atoms with E-state index in [9.17, 15) is 0 Å². The normalized spacial score (nSPS) is 13.6. The SMILES string of the molecule is CC1(C)c2ccccc2N(c2ccc3c(c2)Oc2ccccc2B3c2c(Oc3ccccc3)cccc2Oc2ccccc2)c2ccccc21. The Labute approximate surface area is 293 Å². The van der Waals surface area contributed by atoms with Crippen LogP contribution in [0, 0.1) is 0 Å². The van der Waals surface area contributed by atoms with Crippen molar-refractivity contribution in [2.24, 2.45) is 0 Å². The molecular formula is C45H34BNO3. The van der Waals surface area contributed by atoms with Crippen LogP contribution >= 0.6 is 0 Å². The zero-order valence-electron chi connectivity index (χ0n) is 27.9.